The summed E-state index contributed by atoms with van der Waals surface area (Å²) in [5.41, 5.74) is 1.38. The van der Waals surface area contributed by atoms with Crippen LogP contribution in [0.25, 0.3) is 0 Å². The van der Waals surface area contributed by atoms with Gasteiger partial charge in [-0.15, -0.1) is 0 Å². The topological polar surface area (TPSA) is 67.2 Å². The molecule has 1 aliphatic heterocycles. The van der Waals surface area contributed by atoms with Crippen molar-refractivity contribution in [2.75, 3.05) is 19.6 Å². The van der Waals surface area contributed by atoms with Crippen molar-refractivity contribution in [1.29, 1.82) is 0 Å². The molecule has 6 nitrogen and oxygen atoms in total. The second-order valence-electron chi connectivity index (χ2n) is 4.42. The van der Waals surface area contributed by atoms with Crippen LogP contribution >= 0.6 is 0 Å². The predicted molar refractivity (Wildman–Crippen MR) is 66.2 cm³/mol. The predicted octanol–water partition coefficient (Wildman–Crippen LogP) is 0.174. The first-order chi connectivity index (χ1) is 8.61. The van der Waals surface area contributed by atoms with Crippen LogP contribution < -0.4 is 5.32 Å². The van der Waals surface area contributed by atoms with Gasteiger partial charge >= 0.3 is 0 Å². The molecule has 1 saturated heterocycles. The lowest BCUT2D eigenvalue weighted by Gasteiger charge is -2.19. The fourth-order valence-electron chi connectivity index (χ4n) is 2.10. The molecule has 0 radical (unpaired) electrons. The fourth-order valence-corrected chi connectivity index (χ4v) is 2.10. The average Bonchev–Trinajstić information content (AvgIpc) is 2.59. The van der Waals surface area contributed by atoms with Crippen LogP contribution in [0.3, 0.4) is 0 Å². The summed E-state index contributed by atoms with van der Waals surface area (Å²) in [5.74, 6) is -0.213. The van der Waals surface area contributed by atoms with Gasteiger partial charge in [0.25, 0.3) is 5.91 Å². The maximum Gasteiger partial charge on any atom is 0.272 e. The molecule has 1 N–H and O–H groups in total. The second-order valence-corrected chi connectivity index (χ2v) is 4.42. The van der Waals surface area contributed by atoms with Gasteiger partial charge in [-0.25, -0.2) is 0 Å². The number of nitrogens with zero attached hydrogens (tertiary/aromatic N) is 3. The minimum absolute atomic E-state index is 0.0971. The van der Waals surface area contributed by atoms with Gasteiger partial charge in [0.2, 0.25) is 5.91 Å². The summed E-state index contributed by atoms with van der Waals surface area (Å²) in [7, 11) is 0. The van der Waals surface area contributed by atoms with Gasteiger partial charge in [0.1, 0.15) is 5.69 Å². The van der Waals surface area contributed by atoms with E-state index in [-0.39, 0.29) is 18.4 Å². The molecular weight excluding hydrogens is 232 g/mol. The number of rotatable bonds is 2. The Morgan fingerprint density at radius 1 is 1.56 bits per heavy atom. The number of hydrogen-bond acceptors (Lipinski definition) is 3. The van der Waals surface area contributed by atoms with Crippen molar-refractivity contribution in [2.45, 2.75) is 26.8 Å². The lowest BCUT2D eigenvalue weighted by atomic mass is 10.3. The minimum Gasteiger partial charge on any atom is -0.354 e. The SMILES string of the molecule is CCn1nc(C)cc1C(=O)N1CCCNC(=O)C1. The number of amides is 2. The van der Waals surface area contributed by atoms with E-state index in [4.69, 9.17) is 0 Å². The number of hydrogen-bond donors (Lipinski definition) is 1. The largest absolute Gasteiger partial charge is 0.354 e. The molecule has 1 aromatic heterocycles. The van der Waals surface area contributed by atoms with Crippen molar-refractivity contribution in [2.24, 2.45) is 0 Å². The van der Waals surface area contributed by atoms with E-state index in [0.717, 1.165) is 12.1 Å². The quantitative estimate of drug-likeness (QED) is 0.814. The molecule has 0 spiro atoms. The molecule has 0 unspecified atom stereocenters. The van der Waals surface area contributed by atoms with Gasteiger partial charge < -0.3 is 10.2 Å². The first-order valence-electron chi connectivity index (χ1n) is 6.22. The maximum absolute atomic E-state index is 12.4. The molecule has 1 aromatic rings. The lowest BCUT2D eigenvalue weighted by Crippen LogP contribution is -2.38. The van der Waals surface area contributed by atoms with E-state index in [1.807, 2.05) is 13.8 Å². The highest BCUT2D eigenvalue weighted by molar-refractivity contribution is 5.95. The Hall–Kier alpha value is -1.85. The highest BCUT2D eigenvalue weighted by atomic mass is 16.2. The van der Waals surface area contributed by atoms with Crippen LogP contribution in [0.15, 0.2) is 6.07 Å². The minimum atomic E-state index is -0.116. The van der Waals surface area contributed by atoms with Gasteiger partial charge in [-0.05, 0) is 26.3 Å². The van der Waals surface area contributed by atoms with E-state index in [9.17, 15) is 9.59 Å². The Labute approximate surface area is 106 Å². The van der Waals surface area contributed by atoms with Crippen molar-refractivity contribution in [3.8, 4) is 0 Å². The summed E-state index contributed by atoms with van der Waals surface area (Å²) in [6.45, 7) is 5.82. The first-order valence-corrected chi connectivity index (χ1v) is 6.22. The van der Waals surface area contributed by atoms with E-state index in [1.165, 1.54) is 0 Å². The highest BCUT2D eigenvalue weighted by Gasteiger charge is 2.23. The van der Waals surface area contributed by atoms with Crippen molar-refractivity contribution >= 4 is 11.8 Å². The Morgan fingerprint density at radius 3 is 3.06 bits per heavy atom. The van der Waals surface area contributed by atoms with Crippen molar-refractivity contribution in [1.82, 2.24) is 20.0 Å². The van der Waals surface area contributed by atoms with E-state index >= 15 is 0 Å². The van der Waals surface area contributed by atoms with Crippen LogP contribution in [0.1, 0.15) is 29.5 Å². The summed E-state index contributed by atoms with van der Waals surface area (Å²) in [5, 5.41) is 7.02. The van der Waals surface area contributed by atoms with Crippen LogP contribution in [0.2, 0.25) is 0 Å². The van der Waals surface area contributed by atoms with Crippen LogP contribution in [-0.2, 0) is 11.3 Å². The van der Waals surface area contributed by atoms with Crippen LogP contribution in [0, 0.1) is 6.92 Å². The number of carbonyl (C=O) groups excluding carboxylic acids is 2. The molecule has 0 aliphatic carbocycles. The van der Waals surface area contributed by atoms with Crippen molar-refractivity contribution in [3.05, 3.63) is 17.5 Å². The third kappa shape index (κ3) is 2.52. The summed E-state index contributed by atoms with van der Waals surface area (Å²) in [6, 6.07) is 1.77. The molecule has 2 amide bonds. The molecule has 1 aliphatic rings. The molecule has 18 heavy (non-hydrogen) atoms. The molecule has 0 saturated carbocycles. The molecule has 2 heterocycles. The van der Waals surface area contributed by atoms with Gasteiger partial charge in [0.15, 0.2) is 0 Å². The zero-order valence-electron chi connectivity index (χ0n) is 10.8. The standard InChI is InChI=1S/C12H18N4O2/c1-3-16-10(7-9(2)14-16)12(18)15-6-4-5-13-11(17)8-15/h7H,3-6,8H2,1-2H3,(H,13,17). The molecule has 0 bridgehead atoms. The van der Waals surface area contributed by atoms with Gasteiger partial charge in [-0.2, -0.15) is 5.10 Å². The average molecular weight is 250 g/mol. The maximum atomic E-state index is 12.4. The van der Waals surface area contributed by atoms with Crippen molar-refractivity contribution < 1.29 is 9.59 Å². The molecule has 6 heteroatoms. The van der Waals surface area contributed by atoms with Crippen LogP contribution in [0.5, 0.6) is 0 Å². The third-order valence-electron chi connectivity index (χ3n) is 2.97. The van der Waals surface area contributed by atoms with Gasteiger partial charge in [-0.3, -0.25) is 14.3 Å². The van der Waals surface area contributed by atoms with E-state index < -0.39 is 0 Å². The summed E-state index contributed by atoms with van der Waals surface area (Å²) in [6.07, 6.45) is 0.788. The molecular formula is C12H18N4O2. The van der Waals surface area contributed by atoms with E-state index in [1.54, 1.807) is 15.6 Å². The zero-order chi connectivity index (χ0) is 13.1. The highest BCUT2D eigenvalue weighted by Crippen LogP contribution is 2.09. The van der Waals surface area contributed by atoms with E-state index in [2.05, 4.69) is 10.4 Å². The smallest absolute Gasteiger partial charge is 0.272 e. The van der Waals surface area contributed by atoms with Crippen molar-refractivity contribution in [3.63, 3.8) is 0 Å². The third-order valence-corrected chi connectivity index (χ3v) is 2.97. The molecule has 1 fully saturated rings. The Balaban J connectivity index is 2.21. The number of nitrogens with one attached hydrogen (secondary N) is 1. The Morgan fingerprint density at radius 2 is 2.33 bits per heavy atom. The Kier molecular flexibility index (Phi) is 3.64. The zero-order valence-corrected chi connectivity index (χ0v) is 10.8. The molecule has 98 valence electrons. The molecule has 0 atom stereocenters. The summed E-state index contributed by atoms with van der Waals surface area (Å²) in [4.78, 5) is 25.4. The summed E-state index contributed by atoms with van der Waals surface area (Å²) < 4.78 is 1.68. The Bertz CT molecular complexity index is 467. The summed E-state index contributed by atoms with van der Waals surface area (Å²) >= 11 is 0. The van der Waals surface area contributed by atoms with Crippen LogP contribution in [-0.4, -0.2) is 46.1 Å². The molecule has 2 rings (SSSR count). The van der Waals surface area contributed by atoms with Gasteiger partial charge in [-0.1, -0.05) is 0 Å². The van der Waals surface area contributed by atoms with E-state index in [0.29, 0.717) is 25.3 Å². The second kappa shape index (κ2) is 5.20. The number of carbonyl (C=O) groups is 2. The van der Waals surface area contributed by atoms with Gasteiger partial charge in [0, 0.05) is 19.6 Å². The fraction of sp³-hybridized carbons (Fsp3) is 0.583. The lowest BCUT2D eigenvalue weighted by molar-refractivity contribution is -0.121. The first kappa shape index (κ1) is 12.6. The van der Waals surface area contributed by atoms with Gasteiger partial charge in [0.05, 0.1) is 12.2 Å². The normalized spacial score (nSPS) is 16.3. The monoisotopic (exact) mass is 250 g/mol. The number of aryl methyl sites for hydroxylation is 2. The van der Waals surface area contributed by atoms with Crippen LogP contribution in [0.4, 0.5) is 0 Å². The molecule has 0 aromatic carbocycles. The number of aromatic nitrogens is 2.